The molecule has 0 aliphatic carbocycles. The van der Waals surface area contributed by atoms with Gasteiger partial charge < -0.3 is 29.7 Å². The zero-order valence-corrected chi connectivity index (χ0v) is 13.4. The molecule has 1 aliphatic rings. The van der Waals surface area contributed by atoms with Crippen LogP contribution in [0.4, 0.5) is 0 Å². The predicted molar refractivity (Wildman–Crippen MR) is 82.0 cm³/mol. The molecule has 1 aromatic carbocycles. The molecule has 3 N–H and O–H groups in total. The molecule has 5 unspecified atom stereocenters. The fourth-order valence-corrected chi connectivity index (χ4v) is 2.66. The number of nitrogens with one attached hydrogen (secondary N) is 1. The van der Waals surface area contributed by atoms with Crippen LogP contribution in [0.2, 0.25) is 0 Å². The summed E-state index contributed by atoms with van der Waals surface area (Å²) in [4.78, 5) is 23.6. The summed E-state index contributed by atoms with van der Waals surface area (Å²) >= 11 is 0. The van der Waals surface area contributed by atoms with E-state index >= 15 is 0 Å². The first kappa shape index (κ1) is 18.3. The Labute approximate surface area is 139 Å². The molecule has 5 atom stereocenters. The summed E-state index contributed by atoms with van der Waals surface area (Å²) in [6, 6.07) is 7.45. The van der Waals surface area contributed by atoms with Crippen molar-refractivity contribution in [1.82, 2.24) is 5.32 Å². The smallest absolute Gasteiger partial charge is 0.303 e. The number of rotatable bonds is 5. The van der Waals surface area contributed by atoms with Gasteiger partial charge in [-0.1, -0.05) is 18.2 Å². The van der Waals surface area contributed by atoms with E-state index in [1.54, 1.807) is 30.3 Å². The number of hydrogen-bond donors (Lipinski definition) is 3. The molecule has 1 fully saturated rings. The molecule has 1 amide bonds. The van der Waals surface area contributed by atoms with Crippen LogP contribution in [-0.4, -0.2) is 66.4 Å². The Morgan fingerprint density at radius 1 is 1.25 bits per heavy atom. The van der Waals surface area contributed by atoms with Crippen LogP contribution in [0.1, 0.15) is 17.3 Å². The van der Waals surface area contributed by atoms with Gasteiger partial charge in [-0.05, 0) is 12.1 Å². The molecule has 1 heterocycles. The third kappa shape index (κ3) is 4.09. The second-order valence-corrected chi connectivity index (χ2v) is 5.39. The predicted octanol–water partition coefficient (Wildman–Crippen LogP) is -0.559. The van der Waals surface area contributed by atoms with E-state index in [9.17, 15) is 19.8 Å². The highest BCUT2D eigenvalue weighted by molar-refractivity contribution is 5.94. The van der Waals surface area contributed by atoms with Crippen molar-refractivity contribution in [3.8, 4) is 0 Å². The summed E-state index contributed by atoms with van der Waals surface area (Å²) in [6.07, 6.45) is -4.24. The minimum Gasteiger partial charge on any atom is -0.457 e. The zero-order chi connectivity index (χ0) is 17.7. The standard InChI is InChI=1S/C16H21NO7/c1-9(19)23-13-11(8-18)24-16(21)12(14(13)22-2)17-15(20)10-6-4-3-5-7-10/h3-7,11-14,16,18,21H,8H2,1-2H3,(H,17,20). The van der Waals surface area contributed by atoms with E-state index in [0.717, 1.165) is 0 Å². The van der Waals surface area contributed by atoms with Gasteiger partial charge in [-0.3, -0.25) is 9.59 Å². The monoisotopic (exact) mass is 339 g/mol. The zero-order valence-electron chi connectivity index (χ0n) is 13.4. The van der Waals surface area contributed by atoms with Gasteiger partial charge in [0.2, 0.25) is 0 Å². The molecule has 0 bridgehead atoms. The molecule has 24 heavy (non-hydrogen) atoms. The highest BCUT2D eigenvalue weighted by Gasteiger charge is 2.48. The van der Waals surface area contributed by atoms with Crippen molar-refractivity contribution in [2.45, 2.75) is 37.6 Å². The van der Waals surface area contributed by atoms with Crippen LogP contribution in [-0.2, 0) is 19.0 Å². The molecular weight excluding hydrogens is 318 g/mol. The molecular formula is C16H21NO7. The van der Waals surface area contributed by atoms with Crippen LogP contribution in [0, 0.1) is 0 Å². The number of aliphatic hydroxyl groups is 2. The summed E-state index contributed by atoms with van der Waals surface area (Å²) in [7, 11) is 1.36. The van der Waals surface area contributed by atoms with E-state index in [1.165, 1.54) is 14.0 Å². The lowest BCUT2D eigenvalue weighted by Gasteiger charge is -2.43. The van der Waals surface area contributed by atoms with Crippen molar-refractivity contribution < 1.29 is 34.0 Å². The van der Waals surface area contributed by atoms with Gasteiger partial charge in [-0.15, -0.1) is 0 Å². The normalized spacial score (nSPS) is 29.8. The number of hydrogen-bond acceptors (Lipinski definition) is 7. The van der Waals surface area contributed by atoms with Gasteiger partial charge >= 0.3 is 5.97 Å². The molecule has 0 aromatic heterocycles. The first-order valence-electron chi connectivity index (χ1n) is 7.48. The number of ether oxygens (including phenoxy) is 3. The first-order chi connectivity index (χ1) is 11.5. The van der Waals surface area contributed by atoms with Crippen molar-refractivity contribution in [1.29, 1.82) is 0 Å². The maximum Gasteiger partial charge on any atom is 0.303 e. The Balaban J connectivity index is 2.20. The van der Waals surface area contributed by atoms with E-state index in [1.807, 2.05) is 0 Å². The Hall–Kier alpha value is -2.00. The van der Waals surface area contributed by atoms with E-state index in [0.29, 0.717) is 5.56 Å². The van der Waals surface area contributed by atoms with Gasteiger partial charge in [0.25, 0.3) is 5.91 Å². The van der Waals surface area contributed by atoms with E-state index in [2.05, 4.69) is 5.32 Å². The maximum absolute atomic E-state index is 12.3. The molecule has 1 saturated heterocycles. The largest absolute Gasteiger partial charge is 0.457 e. The Bertz CT molecular complexity index is 565. The maximum atomic E-state index is 12.3. The van der Waals surface area contributed by atoms with Gasteiger partial charge in [0, 0.05) is 19.6 Å². The molecule has 132 valence electrons. The lowest BCUT2D eigenvalue weighted by molar-refractivity contribution is -0.262. The third-order valence-corrected chi connectivity index (χ3v) is 3.75. The highest BCUT2D eigenvalue weighted by Crippen LogP contribution is 2.25. The number of methoxy groups -OCH3 is 1. The second kappa shape index (κ2) is 8.20. The van der Waals surface area contributed by atoms with Gasteiger partial charge in [-0.25, -0.2) is 0 Å². The van der Waals surface area contributed by atoms with E-state index in [-0.39, 0.29) is 0 Å². The number of amides is 1. The summed E-state index contributed by atoms with van der Waals surface area (Å²) < 4.78 is 15.7. The lowest BCUT2D eigenvalue weighted by atomic mass is 9.96. The minimum absolute atomic E-state index is 0.396. The van der Waals surface area contributed by atoms with E-state index < -0.39 is 49.1 Å². The number of esters is 1. The summed E-state index contributed by atoms with van der Waals surface area (Å²) in [6.45, 7) is 0.734. The number of benzene rings is 1. The molecule has 8 nitrogen and oxygen atoms in total. The van der Waals surface area contributed by atoms with Crippen LogP contribution in [0.15, 0.2) is 30.3 Å². The van der Waals surface area contributed by atoms with Crippen LogP contribution >= 0.6 is 0 Å². The number of aliphatic hydroxyl groups excluding tert-OH is 2. The quantitative estimate of drug-likeness (QED) is 0.616. The van der Waals surface area contributed by atoms with E-state index in [4.69, 9.17) is 14.2 Å². The van der Waals surface area contributed by atoms with Crippen LogP contribution in [0.5, 0.6) is 0 Å². The van der Waals surface area contributed by atoms with Gasteiger partial charge in [-0.2, -0.15) is 0 Å². The SMILES string of the molecule is COC1C(NC(=O)c2ccccc2)C(O)OC(CO)C1OC(C)=O. The lowest BCUT2D eigenvalue weighted by Crippen LogP contribution is -2.65. The molecule has 0 spiro atoms. The average molecular weight is 339 g/mol. The van der Waals surface area contributed by atoms with Crippen molar-refractivity contribution in [2.75, 3.05) is 13.7 Å². The summed E-state index contributed by atoms with van der Waals surface area (Å²) in [5, 5.41) is 22.2. The Morgan fingerprint density at radius 3 is 2.46 bits per heavy atom. The van der Waals surface area contributed by atoms with Gasteiger partial charge in [0.1, 0.15) is 18.2 Å². The Kier molecular flexibility index (Phi) is 6.27. The third-order valence-electron chi connectivity index (χ3n) is 3.75. The second-order valence-electron chi connectivity index (χ2n) is 5.39. The fraction of sp³-hybridized carbons (Fsp3) is 0.500. The van der Waals surface area contributed by atoms with Crippen molar-refractivity contribution in [3.63, 3.8) is 0 Å². The molecule has 0 radical (unpaired) electrons. The van der Waals surface area contributed by atoms with Crippen molar-refractivity contribution in [3.05, 3.63) is 35.9 Å². The topological polar surface area (TPSA) is 114 Å². The van der Waals surface area contributed by atoms with Crippen molar-refractivity contribution >= 4 is 11.9 Å². The minimum atomic E-state index is -1.42. The Morgan fingerprint density at radius 2 is 1.92 bits per heavy atom. The molecule has 1 aromatic rings. The van der Waals surface area contributed by atoms with Crippen LogP contribution in [0.3, 0.4) is 0 Å². The summed E-state index contributed by atoms with van der Waals surface area (Å²) in [5.74, 6) is -1.03. The molecule has 0 saturated carbocycles. The number of carbonyl (C=O) groups is 2. The summed E-state index contributed by atoms with van der Waals surface area (Å²) in [5.41, 5.74) is 0.396. The van der Waals surface area contributed by atoms with Crippen LogP contribution in [0.25, 0.3) is 0 Å². The average Bonchev–Trinajstić information content (AvgIpc) is 2.57. The molecule has 8 heteroatoms. The van der Waals surface area contributed by atoms with Gasteiger partial charge in [0.15, 0.2) is 12.4 Å². The first-order valence-corrected chi connectivity index (χ1v) is 7.48. The highest BCUT2D eigenvalue weighted by atomic mass is 16.7. The van der Waals surface area contributed by atoms with Crippen molar-refractivity contribution in [2.24, 2.45) is 0 Å². The van der Waals surface area contributed by atoms with Crippen LogP contribution < -0.4 is 5.32 Å². The fourth-order valence-electron chi connectivity index (χ4n) is 2.66. The number of carbonyl (C=O) groups excluding carboxylic acids is 2. The van der Waals surface area contributed by atoms with Gasteiger partial charge in [0.05, 0.1) is 6.61 Å². The molecule has 2 rings (SSSR count). The molecule has 1 aliphatic heterocycles.